The summed E-state index contributed by atoms with van der Waals surface area (Å²) in [6.45, 7) is 0. The van der Waals surface area contributed by atoms with E-state index in [0.29, 0.717) is 16.9 Å². The second kappa shape index (κ2) is 5.64. The topological polar surface area (TPSA) is 87.2 Å². The van der Waals surface area contributed by atoms with Crippen LogP contribution in [0.1, 0.15) is 5.56 Å². The first-order valence-corrected chi connectivity index (χ1v) is 7.72. The minimum absolute atomic E-state index is 0.00445. The van der Waals surface area contributed by atoms with Gasteiger partial charge in [0.25, 0.3) is 10.0 Å². The molecule has 7 heteroatoms. The molecule has 2 rings (SSSR count). The average molecular weight is 322 g/mol. The number of nitriles is 1. The molecular weight excluding hydrogens is 310 g/mol. The molecule has 5 nitrogen and oxygen atoms in total. The van der Waals surface area contributed by atoms with Crippen molar-refractivity contribution in [2.24, 2.45) is 0 Å². The van der Waals surface area contributed by atoms with E-state index in [1.165, 1.54) is 25.2 Å². The first kappa shape index (κ1) is 15.2. The van der Waals surface area contributed by atoms with Crippen LogP contribution >= 0.6 is 11.6 Å². The third-order valence-corrected chi connectivity index (χ3v) is 5.20. The maximum absolute atomic E-state index is 12.6. The number of anilines is 2. The van der Waals surface area contributed by atoms with Gasteiger partial charge in [-0.25, -0.2) is 8.42 Å². The summed E-state index contributed by atoms with van der Waals surface area (Å²) in [4.78, 5) is -0.0620. The quantitative estimate of drug-likeness (QED) is 0.880. The summed E-state index contributed by atoms with van der Waals surface area (Å²) < 4.78 is 26.3. The summed E-state index contributed by atoms with van der Waals surface area (Å²) in [6.07, 6.45) is 0. The lowest BCUT2D eigenvalue weighted by Crippen LogP contribution is -2.26. The van der Waals surface area contributed by atoms with Crippen molar-refractivity contribution < 1.29 is 8.42 Å². The van der Waals surface area contributed by atoms with E-state index in [4.69, 9.17) is 22.6 Å². The molecule has 0 radical (unpaired) electrons. The van der Waals surface area contributed by atoms with Gasteiger partial charge in [0, 0.05) is 12.7 Å². The molecule has 108 valence electrons. The van der Waals surface area contributed by atoms with Gasteiger partial charge in [-0.3, -0.25) is 4.31 Å². The normalized spacial score (nSPS) is 10.9. The van der Waals surface area contributed by atoms with Gasteiger partial charge in [0.1, 0.15) is 4.90 Å². The van der Waals surface area contributed by atoms with Crippen molar-refractivity contribution in [1.29, 1.82) is 5.26 Å². The number of nitrogen functional groups attached to an aromatic ring is 1. The van der Waals surface area contributed by atoms with Crippen LogP contribution in [0.4, 0.5) is 11.4 Å². The Kier molecular flexibility index (Phi) is 4.07. The maximum atomic E-state index is 12.6. The summed E-state index contributed by atoms with van der Waals surface area (Å²) in [5.74, 6) is 0. The lowest BCUT2D eigenvalue weighted by Gasteiger charge is -2.20. The summed E-state index contributed by atoms with van der Waals surface area (Å²) in [5, 5.41) is 8.80. The van der Waals surface area contributed by atoms with Gasteiger partial charge >= 0.3 is 0 Å². The smallest absolute Gasteiger partial charge is 0.265 e. The van der Waals surface area contributed by atoms with Gasteiger partial charge in [0.2, 0.25) is 0 Å². The van der Waals surface area contributed by atoms with Crippen molar-refractivity contribution in [3.63, 3.8) is 0 Å². The van der Waals surface area contributed by atoms with E-state index in [0.717, 1.165) is 4.31 Å². The number of halogens is 1. The molecule has 0 amide bonds. The third-order valence-electron chi connectivity index (χ3n) is 2.93. The van der Waals surface area contributed by atoms with E-state index in [2.05, 4.69) is 0 Å². The Labute approximate surface area is 128 Å². The molecule has 0 bridgehead atoms. The molecule has 0 fully saturated rings. The molecule has 0 atom stereocenters. The number of nitrogens with zero attached hydrogens (tertiary/aromatic N) is 2. The monoisotopic (exact) mass is 321 g/mol. The third kappa shape index (κ3) is 2.94. The molecule has 0 spiro atoms. The van der Waals surface area contributed by atoms with Crippen LogP contribution in [0.25, 0.3) is 0 Å². The van der Waals surface area contributed by atoms with Crippen molar-refractivity contribution in [2.45, 2.75) is 4.90 Å². The van der Waals surface area contributed by atoms with E-state index in [1.807, 2.05) is 6.07 Å². The van der Waals surface area contributed by atoms with Crippen molar-refractivity contribution in [3.05, 3.63) is 53.1 Å². The zero-order chi connectivity index (χ0) is 15.6. The zero-order valence-electron chi connectivity index (χ0n) is 11.1. The number of nitrogens with two attached hydrogens (primary N) is 1. The minimum atomic E-state index is -3.83. The van der Waals surface area contributed by atoms with Crippen LogP contribution in [-0.4, -0.2) is 15.5 Å². The number of hydrogen-bond donors (Lipinski definition) is 1. The number of benzene rings is 2. The molecule has 0 saturated carbocycles. The predicted molar refractivity (Wildman–Crippen MR) is 82.6 cm³/mol. The van der Waals surface area contributed by atoms with Crippen LogP contribution in [0.3, 0.4) is 0 Å². The standard InChI is InChI=1S/C14H12ClN3O2S/c1-18(12-4-2-3-11(17)8-12)21(19,20)14-6-5-10(9-16)7-13(14)15/h2-8H,17H2,1H3. The van der Waals surface area contributed by atoms with Crippen molar-refractivity contribution in [1.82, 2.24) is 0 Å². The van der Waals surface area contributed by atoms with Gasteiger partial charge in [0.15, 0.2) is 0 Å². The van der Waals surface area contributed by atoms with E-state index < -0.39 is 10.0 Å². The molecule has 0 aromatic heterocycles. The molecule has 21 heavy (non-hydrogen) atoms. The van der Waals surface area contributed by atoms with E-state index in [1.54, 1.807) is 24.3 Å². The van der Waals surface area contributed by atoms with Crippen LogP contribution in [0.2, 0.25) is 5.02 Å². The molecule has 0 saturated heterocycles. The average Bonchev–Trinajstić information content (AvgIpc) is 2.45. The highest BCUT2D eigenvalue weighted by atomic mass is 35.5. The van der Waals surface area contributed by atoms with Crippen molar-refractivity contribution in [3.8, 4) is 6.07 Å². The summed E-state index contributed by atoms with van der Waals surface area (Å²) >= 11 is 5.97. The summed E-state index contributed by atoms with van der Waals surface area (Å²) in [6, 6.07) is 12.5. The van der Waals surface area contributed by atoms with Crippen LogP contribution in [-0.2, 0) is 10.0 Å². The Morgan fingerprint density at radius 1 is 1.24 bits per heavy atom. The van der Waals surface area contributed by atoms with Crippen LogP contribution in [0, 0.1) is 11.3 Å². The van der Waals surface area contributed by atoms with Gasteiger partial charge in [0.05, 0.1) is 22.3 Å². The largest absolute Gasteiger partial charge is 0.399 e. The van der Waals surface area contributed by atoms with Crippen molar-refractivity contribution in [2.75, 3.05) is 17.1 Å². The Hall–Kier alpha value is -2.23. The predicted octanol–water partition coefficient (Wildman–Crippen LogP) is 2.62. The summed E-state index contributed by atoms with van der Waals surface area (Å²) in [7, 11) is -2.41. The molecule has 0 unspecified atom stereocenters. The van der Waals surface area contributed by atoms with E-state index >= 15 is 0 Å². The molecule has 0 aliphatic heterocycles. The van der Waals surface area contributed by atoms with E-state index in [-0.39, 0.29) is 9.92 Å². The summed E-state index contributed by atoms with van der Waals surface area (Å²) in [5.41, 5.74) is 6.84. The molecule has 0 aliphatic rings. The molecule has 2 aromatic carbocycles. The molecule has 2 aromatic rings. The maximum Gasteiger partial charge on any atom is 0.265 e. The highest BCUT2D eigenvalue weighted by molar-refractivity contribution is 7.93. The zero-order valence-corrected chi connectivity index (χ0v) is 12.7. The highest BCUT2D eigenvalue weighted by Gasteiger charge is 2.24. The fourth-order valence-corrected chi connectivity index (χ4v) is 3.49. The second-order valence-electron chi connectivity index (χ2n) is 4.32. The number of sulfonamides is 1. The molecule has 0 heterocycles. The minimum Gasteiger partial charge on any atom is -0.399 e. The number of rotatable bonds is 3. The lowest BCUT2D eigenvalue weighted by atomic mass is 10.2. The second-order valence-corrected chi connectivity index (χ2v) is 6.67. The fraction of sp³-hybridized carbons (Fsp3) is 0.0714. The molecular formula is C14H12ClN3O2S. The Bertz CT molecular complexity index is 828. The Morgan fingerprint density at radius 2 is 1.95 bits per heavy atom. The van der Waals surface area contributed by atoms with Gasteiger partial charge in [-0.1, -0.05) is 17.7 Å². The first-order valence-electron chi connectivity index (χ1n) is 5.90. The van der Waals surface area contributed by atoms with E-state index in [9.17, 15) is 8.42 Å². The number of hydrogen-bond acceptors (Lipinski definition) is 4. The Morgan fingerprint density at radius 3 is 2.52 bits per heavy atom. The van der Waals surface area contributed by atoms with Gasteiger partial charge < -0.3 is 5.73 Å². The van der Waals surface area contributed by atoms with Crippen LogP contribution in [0.5, 0.6) is 0 Å². The Balaban J connectivity index is 2.50. The van der Waals surface area contributed by atoms with Gasteiger partial charge in [-0.15, -0.1) is 0 Å². The fourth-order valence-electron chi connectivity index (χ4n) is 1.79. The van der Waals surface area contributed by atoms with Crippen LogP contribution < -0.4 is 10.0 Å². The van der Waals surface area contributed by atoms with Crippen molar-refractivity contribution >= 4 is 33.0 Å². The van der Waals surface area contributed by atoms with Crippen LogP contribution in [0.15, 0.2) is 47.4 Å². The SMILES string of the molecule is CN(c1cccc(N)c1)S(=O)(=O)c1ccc(C#N)cc1Cl. The first-order chi connectivity index (χ1) is 9.86. The highest BCUT2D eigenvalue weighted by Crippen LogP contribution is 2.28. The lowest BCUT2D eigenvalue weighted by molar-refractivity contribution is 0.594. The van der Waals surface area contributed by atoms with Gasteiger partial charge in [-0.2, -0.15) is 5.26 Å². The van der Waals surface area contributed by atoms with Gasteiger partial charge in [-0.05, 0) is 36.4 Å². The molecule has 0 aliphatic carbocycles. The molecule has 2 N–H and O–H groups in total.